The van der Waals surface area contributed by atoms with Crippen molar-refractivity contribution in [1.29, 1.82) is 0 Å². The van der Waals surface area contributed by atoms with E-state index in [9.17, 15) is 4.79 Å². The summed E-state index contributed by atoms with van der Waals surface area (Å²) in [5.41, 5.74) is 2.14. The van der Waals surface area contributed by atoms with Crippen LogP contribution in [0.4, 0.5) is 0 Å². The van der Waals surface area contributed by atoms with Gasteiger partial charge >= 0.3 is 17.1 Å². The molecule has 2 aliphatic rings. The minimum Gasteiger partial charge on any atom is -0.414 e. The summed E-state index contributed by atoms with van der Waals surface area (Å²) in [5.74, 6) is 0.284. The van der Waals surface area contributed by atoms with E-state index in [1.807, 2.05) is 0 Å². The molecule has 0 spiro atoms. The van der Waals surface area contributed by atoms with Crippen LogP contribution in [0.15, 0.2) is 17.4 Å². The van der Waals surface area contributed by atoms with Crippen LogP contribution >= 0.6 is 0 Å². The molecule has 184 valence electrons. The molecule has 4 rings (SSSR count). The maximum atomic E-state index is 12.2. The van der Waals surface area contributed by atoms with Crippen LogP contribution in [0.5, 0.6) is 0 Å². The van der Waals surface area contributed by atoms with Gasteiger partial charge in [-0.05, 0) is 35.0 Å². The van der Waals surface area contributed by atoms with Crippen molar-refractivity contribution in [2.75, 3.05) is 6.61 Å². The lowest BCUT2D eigenvalue weighted by Gasteiger charge is -2.51. The van der Waals surface area contributed by atoms with Crippen molar-refractivity contribution in [3.63, 3.8) is 0 Å². The fraction of sp³-hybridized carbons (Fsp3) is 0.783. The highest BCUT2D eigenvalue weighted by molar-refractivity contribution is 6.83. The summed E-state index contributed by atoms with van der Waals surface area (Å²) in [6, 6.07) is 0.168. The number of hydrogen-bond donors (Lipinski definition) is 1. The zero-order chi connectivity index (χ0) is 24.1. The zero-order valence-electron chi connectivity index (χ0n) is 21.3. The van der Waals surface area contributed by atoms with Crippen LogP contribution in [0.25, 0.3) is 11.2 Å². The molecule has 2 fully saturated rings. The first-order valence-electron chi connectivity index (χ1n) is 12.4. The highest BCUT2D eigenvalue weighted by Crippen LogP contribution is 2.50. The van der Waals surface area contributed by atoms with Gasteiger partial charge in [-0.2, -0.15) is 0 Å². The van der Waals surface area contributed by atoms with Crippen LogP contribution in [-0.4, -0.2) is 49.4 Å². The van der Waals surface area contributed by atoms with Crippen molar-refractivity contribution in [3.05, 3.63) is 23.0 Å². The zero-order valence-corrected chi connectivity index (χ0v) is 23.3. The molecule has 0 aromatic carbocycles. The number of H-pyrrole nitrogens is 1. The van der Waals surface area contributed by atoms with Crippen molar-refractivity contribution < 1.29 is 13.0 Å². The van der Waals surface area contributed by atoms with E-state index in [2.05, 4.69) is 74.9 Å². The van der Waals surface area contributed by atoms with Crippen LogP contribution in [0, 0.1) is 5.92 Å². The van der Waals surface area contributed by atoms with Gasteiger partial charge in [-0.3, -0.25) is 4.79 Å². The summed E-state index contributed by atoms with van der Waals surface area (Å²) in [6.45, 7) is 18.7. The molecule has 1 aliphatic heterocycles. The van der Waals surface area contributed by atoms with E-state index in [0.717, 1.165) is 12.8 Å². The molecule has 0 amide bonds. The van der Waals surface area contributed by atoms with E-state index in [4.69, 9.17) is 13.0 Å². The minimum atomic E-state index is -2.60. The second-order valence-corrected chi connectivity index (χ2v) is 19.9. The standard InChI is InChI=1S/C23H40N4O4Si2/c1-14(2)32(15(3)4)29-11-18-9-19(27-13-26-21-22(27)24-12-25-23(21)28)10-20(18)30-33(31-32,16(5)6)17(7)8/h12-20H,9-11H2,1-8H3,(H,24,25,28)/t18-,19-,20+/m1/s1. The fourth-order valence-electron chi connectivity index (χ4n) is 5.92. The first kappa shape index (κ1) is 24.8. The van der Waals surface area contributed by atoms with E-state index in [1.54, 1.807) is 6.33 Å². The van der Waals surface area contributed by atoms with Crippen LogP contribution in [0.2, 0.25) is 22.2 Å². The van der Waals surface area contributed by atoms with Gasteiger partial charge in [0.05, 0.1) is 18.8 Å². The SMILES string of the molecule is CC(C)[Si]1(C(C)C)OC[C@H]2C[C@@H](n3cnc4c(=O)[nH]cnc43)C[C@@H]2O[Si](C(C)C)(C(C)C)O1. The maximum absolute atomic E-state index is 12.2. The summed E-state index contributed by atoms with van der Waals surface area (Å²) in [4.78, 5) is 23.5. The van der Waals surface area contributed by atoms with Crippen molar-refractivity contribution in [2.45, 2.75) is 103 Å². The Hall–Kier alpha value is -1.34. The van der Waals surface area contributed by atoms with Crippen molar-refractivity contribution in [1.82, 2.24) is 19.5 Å². The predicted molar refractivity (Wildman–Crippen MR) is 134 cm³/mol. The first-order valence-corrected chi connectivity index (χ1v) is 16.4. The Morgan fingerprint density at radius 3 is 2.21 bits per heavy atom. The summed E-state index contributed by atoms with van der Waals surface area (Å²) < 4.78 is 23.5. The Labute approximate surface area is 199 Å². The molecule has 0 unspecified atom stereocenters. The number of fused-ring (bicyclic) bond motifs is 2. The minimum absolute atomic E-state index is 0.0669. The summed E-state index contributed by atoms with van der Waals surface area (Å²) in [6.07, 6.45) is 5.05. The van der Waals surface area contributed by atoms with Gasteiger partial charge in [0.15, 0.2) is 11.2 Å². The molecular formula is C23H40N4O4Si2. The number of aromatic amines is 1. The largest absolute Gasteiger partial charge is 0.414 e. The van der Waals surface area contributed by atoms with Crippen molar-refractivity contribution >= 4 is 28.3 Å². The van der Waals surface area contributed by atoms with Gasteiger partial charge in [0.2, 0.25) is 0 Å². The number of nitrogens with zero attached hydrogens (tertiary/aromatic N) is 3. The predicted octanol–water partition coefficient (Wildman–Crippen LogP) is 5.03. The summed E-state index contributed by atoms with van der Waals surface area (Å²) >= 11 is 0. The van der Waals surface area contributed by atoms with Crippen LogP contribution in [0.3, 0.4) is 0 Å². The van der Waals surface area contributed by atoms with Crippen LogP contribution < -0.4 is 5.56 Å². The van der Waals surface area contributed by atoms with Gasteiger partial charge in [0.1, 0.15) is 0 Å². The lowest BCUT2D eigenvalue weighted by atomic mass is 10.1. The van der Waals surface area contributed by atoms with E-state index < -0.39 is 17.1 Å². The number of hydrogen-bond acceptors (Lipinski definition) is 6. The molecular weight excluding hydrogens is 452 g/mol. The number of aromatic nitrogens is 4. The van der Waals surface area contributed by atoms with Gasteiger partial charge in [0, 0.05) is 18.6 Å². The molecule has 33 heavy (non-hydrogen) atoms. The molecule has 1 aliphatic carbocycles. The third-order valence-corrected chi connectivity index (χ3v) is 18.0. The maximum Gasteiger partial charge on any atom is 0.334 e. The molecule has 2 aromatic heterocycles. The summed E-state index contributed by atoms with van der Waals surface area (Å²) in [5, 5.41) is 0. The quantitative estimate of drug-likeness (QED) is 0.589. The highest BCUT2D eigenvalue weighted by Gasteiger charge is 2.59. The number of rotatable bonds is 5. The Morgan fingerprint density at radius 1 is 0.970 bits per heavy atom. The molecule has 1 saturated heterocycles. The van der Waals surface area contributed by atoms with Gasteiger partial charge < -0.3 is 22.5 Å². The third kappa shape index (κ3) is 4.07. The summed E-state index contributed by atoms with van der Waals surface area (Å²) in [7, 11) is -5.12. The van der Waals surface area contributed by atoms with Crippen molar-refractivity contribution in [2.24, 2.45) is 5.92 Å². The second kappa shape index (κ2) is 9.03. The average Bonchev–Trinajstić information content (AvgIpc) is 3.32. The average molecular weight is 493 g/mol. The lowest BCUT2D eigenvalue weighted by Crippen LogP contribution is -2.64. The Balaban J connectivity index is 1.73. The van der Waals surface area contributed by atoms with Gasteiger partial charge in [-0.1, -0.05) is 55.4 Å². The Morgan fingerprint density at radius 2 is 1.61 bits per heavy atom. The molecule has 0 radical (unpaired) electrons. The number of imidazole rings is 1. The molecule has 3 heterocycles. The van der Waals surface area contributed by atoms with Crippen LogP contribution in [0.1, 0.15) is 74.3 Å². The van der Waals surface area contributed by atoms with E-state index in [1.165, 1.54) is 6.33 Å². The smallest absolute Gasteiger partial charge is 0.334 e. The lowest BCUT2D eigenvalue weighted by molar-refractivity contribution is 0.0367. The first-order chi connectivity index (χ1) is 15.5. The topological polar surface area (TPSA) is 91.3 Å². The van der Waals surface area contributed by atoms with Gasteiger partial charge in [-0.15, -0.1) is 0 Å². The van der Waals surface area contributed by atoms with Crippen LogP contribution in [-0.2, 0) is 13.0 Å². The monoisotopic (exact) mass is 492 g/mol. The van der Waals surface area contributed by atoms with Gasteiger partial charge in [-0.25, -0.2) is 9.97 Å². The highest BCUT2D eigenvalue weighted by atomic mass is 28.5. The second-order valence-electron chi connectivity index (χ2n) is 11.1. The number of nitrogens with one attached hydrogen (secondary N) is 1. The normalized spacial score (nSPS) is 27.5. The van der Waals surface area contributed by atoms with E-state index in [0.29, 0.717) is 39.9 Å². The molecule has 10 heteroatoms. The Bertz CT molecular complexity index is 1020. The molecule has 2 aromatic rings. The molecule has 1 saturated carbocycles. The van der Waals surface area contributed by atoms with E-state index in [-0.39, 0.29) is 23.6 Å². The molecule has 1 N–H and O–H groups in total. The molecule has 8 nitrogen and oxygen atoms in total. The third-order valence-electron chi connectivity index (χ3n) is 7.76. The molecule has 0 bridgehead atoms. The van der Waals surface area contributed by atoms with E-state index >= 15 is 0 Å². The Kier molecular flexibility index (Phi) is 6.78. The van der Waals surface area contributed by atoms with Gasteiger partial charge in [0.25, 0.3) is 5.56 Å². The van der Waals surface area contributed by atoms with Crippen molar-refractivity contribution in [3.8, 4) is 0 Å². The molecule has 3 atom stereocenters. The fourth-order valence-corrected chi connectivity index (χ4v) is 17.2.